The first-order valence-electron chi connectivity index (χ1n) is 6.20. The van der Waals surface area contributed by atoms with Gasteiger partial charge in [0.05, 0.1) is 6.10 Å². The molecule has 2 heterocycles. The van der Waals surface area contributed by atoms with Gasteiger partial charge in [0.15, 0.2) is 0 Å². The van der Waals surface area contributed by atoms with Crippen molar-refractivity contribution in [2.24, 2.45) is 11.7 Å². The van der Waals surface area contributed by atoms with Gasteiger partial charge < -0.3 is 15.4 Å². The zero-order valence-corrected chi connectivity index (χ0v) is 10.9. The molecule has 0 saturated carbocycles. The van der Waals surface area contributed by atoms with E-state index >= 15 is 0 Å². The molecule has 0 aromatic carbocycles. The zero-order chi connectivity index (χ0) is 13.1. The van der Waals surface area contributed by atoms with Crippen molar-refractivity contribution < 1.29 is 4.74 Å². The number of nitrogens with zero attached hydrogens (tertiary/aromatic N) is 2. The van der Waals surface area contributed by atoms with Crippen molar-refractivity contribution >= 4 is 11.7 Å². The zero-order valence-electron chi connectivity index (χ0n) is 10.9. The van der Waals surface area contributed by atoms with Gasteiger partial charge in [-0.25, -0.2) is 4.98 Å². The van der Waals surface area contributed by atoms with Crippen molar-refractivity contribution in [2.75, 3.05) is 25.1 Å². The summed E-state index contributed by atoms with van der Waals surface area (Å²) >= 11 is 0. The SMILES string of the molecule is COC1CN(c2cc(C(=N)N)ccn2)CCC1C. The van der Waals surface area contributed by atoms with Gasteiger partial charge in [-0.05, 0) is 24.5 Å². The molecule has 1 aromatic heterocycles. The molecule has 1 aromatic rings. The predicted molar refractivity (Wildman–Crippen MR) is 72.0 cm³/mol. The standard InChI is InChI=1S/C13H20N4O/c1-9-4-6-17(8-11(9)18-2)12-7-10(13(14)15)3-5-16-12/h3,5,7,9,11H,4,6,8H2,1-2H3,(H3,14,15). The molecule has 98 valence electrons. The van der Waals surface area contributed by atoms with E-state index in [4.69, 9.17) is 15.9 Å². The fourth-order valence-corrected chi connectivity index (χ4v) is 2.31. The third-order valence-corrected chi connectivity index (χ3v) is 3.57. The van der Waals surface area contributed by atoms with E-state index in [1.807, 2.05) is 6.07 Å². The van der Waals surface area contributed by atoms with Crippen LogP contribution < -0.4 is 10.6 Å². The molecule has 0 bridgehead atoms. The molecular weight excluding hydrogens is 228 g/mol. The molecule has 1 aliphatic rings. The monoisotopic (exact) mass is 248 g/mol. The number of piperidine rings is 1. The van der Waals surface area contributed by atoms with Crippen molar-refractivity contribution in [1.29, 1.82) is 5.41 Å². The van der Waals surface area contributed by atoms with E-state index in [2.05, 4.69) is 16.8 Å². The Hall–Kier alpha value is -1.62. The Balaban J connectivity index is 2.16. The van der Waals surface area contributed by atoms with E-state index in [1.165, 1.54) is 0 Å². The summed E-state index contributed by atoms with van der Waals surface area (Å²) in [5, 5.41) is 7.46. The second kappa shape index (κ2) is 5.35. The summed E-state index contributed by atoms with van der Waals surface area (Å²) < 4.78 is 5.50. The third-order valence-electron chi connectivity index (χ3n) is 3.57. The van der Waals surface area contributed by atoms with Gasteiger partial charge in [0, 0.05) is 32.0 Å². The number of methoxy groups -OCH3 is 1. The minimum atomic E-state index is 0.0762. The smallest absolute Gasteiger partial charge is 0.129 e. The van der Waals surface area contributed by atoms with Gasteiger partial charge in [0.2, 0.25) is 0 Å². The maximum atomic E-state index is 7.46. The maximum Gasteiger partial charge on any atom is 0.129 e. The largest absolute Gasteiger partial charge is 0.384 e. The summed E-state index contributed by atoms with van der Waals surface area (Å²) in [6.45, 7) is 4.02. The Morgan fingerprint density at radius 3 is 3.06 bits per heavy atom. The number of anilines is 1. The van der Waals surface area contributed by atoms with Crippen LogP contribution in [-0.2, 0) is 4.74 Å². The fraction of sp³-hybridized carbons (Fsp3) is 0.538. The minimum Gasteiger partial charge on any atom is -0.384 e. The van der Waals surface area contributed by atoms with Crippen LogP contribution in [0.2, 0.25) is 0 Å². The van der Waals surface area contributed by atoms with Gasteiger partial charge >= 0.3 is 0 Å². The average molecular weight is 248 g/mol. The highest BCUT2D eigenvalue weighted by atomic mass is 16.5. The van der Waals surface area contributed by atoms with Gasteiger partial charge in [-0.2, -0.15) is 0 Å². The number of aromatic nitrogens is 1. The number of nitrogens with one attached hydrogen (secondary N) is 1. The third kappa shape index (κ3) is 2.61. The molecule has 18 heavy (non-hydrogen) atoms. The molecule has 1 aliphatic heterocycles. The minimum absolute atomic E-state index is 0.0762. The summed E-state index contributed by atoms with van der Waals surface area (Å²) in [6.07, 6.45) is 3.03. The Morgan fingerprint density at radius 2 is 2.39 bits per heavy atom. The van der Waals surface area contributed by atoms with E-state index in [9.17, 15) is 0 Å². The number of nitrogen functional groups attached to an aromatic ring is 1. The number of rotatable bonds is 3. The van der Waals surface area contributed by atoms with E-state index < -0.39 is 0 Å². The van der Waals surface area contributed by atoms with Crippen LogP contribution in [0.1, 0.15) is 18.9 Å². The van der Waals surface area contributed by atoms with E-state index in [0.29, 0.717) is 11.5 Å². The lowest BCUT2D eigenvalue weighted by atomic mass is 9.96. The van der Waals surface area contributed by atoms with Crippen molar-refractivity contribution in [3.8, 4) is 0 Å². The van der Waals surface area contributed by atoms with E-state index in [1.54, 1.807) is 19.4 Å². The molecule has 2 atom stereocenters. The molecule has 0 radical (unpaired) electrons. The lowest BCUT2D eigenvalue weighted by Crippen LogP contribution is -2.44. The Morgan fingerprint density at radius 1 is 1.61 bits per heavy atom. The molecule has 0 amide bonds. The summed E-state index contributed by atoms with van der Waals surface area (Å²) in [7, 11) is 1.75. The lowest BCUT2D eigenvalue weighted by Gasteiger charge is -2.37. The molecule has 2 unspecified atom stereocenters. The van der Waals surface area contributed by atoms with Crippen LogP contribution in [0.5, 0.6) is 0 Å². The molecule has 0 spiro atoms. The maximum absolute atomic E-state index is 7.46. The van der Waals surface area contributed by atoms with Crippen LogP contribution in [0.25, 0.3) is 0 Å². The van der Waals surface area contributed by atoms with Crippen LogP contribution in [0.3, 0.4) is 0 Å². The fourth-order valence-electron chi connectivity index (χ4n) is 2.31. The highest BCUT2D eigenvalue weighted by Gasteiger charge is 2.26. The quantitative estimate of drug-likeness (QED) is 0.623. The molecular formula is C13H20N4O. The molecule has 3 N–H and O–H groups in total. The molecule has 0 aliphatic carbocycles. The number of pyridine rings is 1. The molecule has 2 rings (SSSR count). The van der Waals surface area contributed by atoms with Gasteiger partial charge in [-0.1, -0.05) is 6.92 Å². The molecule has 1 fully saturated rings. The van der Waals surface area contributed by atoms with Gasteiger partial charge in [0.25, 0.3) is 0 Å². The summed E-state index contributed by atoms with van der Waals surface area (Å²) in [4.78, 5) is 6.55. The van der Waals surface area contributed by atoms with Crippen molar-refractivity contribution in [2.45, 2.75) is 19.4 Å². The van der Waals surface area contributed by atoms with Crippen LogP contribution in [0.15, 0.2) is 18.3 Å². The highest BCUT2D eigenvalue weighted by Crippen LogP contribution is 2.23. The first-order chi connectivity index (χ1) is 8.61. The van der Waals surface area contributed by atoms with Crippen LogP contribution >= 0.6 is 0 Å². The second-order valence-corrected chi connectivity index (χ2v) is 4.80. The van der Waals surface area contributed by atoms with Crippen molar-refractivity contribution in [1.82, 2.24) is 4.98 Å². The first-order valence-corrected chi connectivity index (χ1v) is 6.20. The predicted octanol–water partition coefficient (Wildman–Crippen LogP) is 1.23. The Kier molecular flexibility index (Phi) is 3.81. The second-order valence-electron chi connectivity index (χ2n) is 4.80. The summed E-state index contributed by atoms with van der Waals surface area (Å²) in [5.41, 5.74) is 6.22. The molecule has 5 nitrogen and oxygen atoms in total. The van der Waals surface area contributed by atoms with Gasteiger partial charge in [-0.15, -0.1) is 0 Å². The van der Waals surface area contributed by atoms with Crippen molar-refractivity contribution in [3.05, 3.63) is 23.9 Å². The first kappa shape index (κ1) is 12.8. The number of hydrogen-bond donors (Lipinski definition) is 2. The van der Waals surface area contributed by atoms with Crippen LogP contribution in [0, 0.1) is 11.3 Å². The topological polar surface area (TPSA) is 75.2 Å². The highest BCUT2D eigenvalue weighted by molar-refractivity contribution is 5.95. The Bertz CT molecular complexity index is 435. The lowest BCUT2D eigenvalue weighted by molar-refractivity contribution is 0.0496. The normalized spacial score (nSPS) is 24.0. The van der Waals surface area contributed by atoms with Crippen LogP contribution in [0.4, 0.5) is 5.82 Å². The molecule has 5 heteroatoms. The van der Waals surface area contributed by atoms with E-state index in [0.717, 1.165) is 25.3 Å². The van der Waals surface area contributed by atoms with Gasteiger partial charge in [0.1, 0.15) is 11.7 Å². The summed E-state index contributed by atoms with van der Waals surface area (Å²) in [6, 6.07) is 3.62. The van der Waals surface area contributed by atoms with Crippen molar-refractivity contribution in [3.63, 3.8) is 0 Å². The number of amidine groups is 1. The number of ether oxygens (including phenoxy) is 1. The number of nitrogens with two attached hydrogens (primary N) is 1. The molecule has 1 saturated heterocycles. The average Bonchev–Trinajstić information content (AvgIpc) is 2.39. The number of hydrogen-bond acceptors (Lipinski definition) is 4. The summed E-state index contributed by atoms with van der Waals surface area (Å²) in [5.74, 6) is 1.52. The Labute approximate surface area is 107 Å². The van der Waals surface area contributed by atoms with Crippen LogP contribution in [-0.4, -0.2) is 37.1 Å². The van der Waals surface area contributed by atoms with E-state index in [-0.39, 0.29) is 11.9 Å². The van der Waals surface area contributed by atoms with Gasteiger partial charge in [-0.3, -0.25) is 5.41 Å².